The molecular weight excluding hydrogens is 309 g/mol. The van der Waals surface area contributed by atoms with E-state index in [0.29, 0.717) is 26.1 Å². The summed E-state index contributed by atoms with van der Waals surface area (Å²) in [4.78, 5) is 28.0. The molecule has 2 saturated heterocycles. The Morgan fingerprint density at radius 2 is 1.75 bits per heavy atom. The topological polar surface area (TPSA) is 93.1 Å². The molecule has 24 heavy (non-hydrogen) atoms. The fourth-order valence-electron chi connectivity index (χ4n) is 3.51. The van der Waals surface area contributed by atoms with Gasteiger partial charge in [-0.15, -0.1) is 0 Å². The van der Waals surface area contributed by atoms with E-state index in [1.165, 1.54) is 0 Å². The molecule has 1 atom stereocenters. The molecule has 2 fully saturated rings. The highest BCUT2D eigenvalue weighted by atomic mass is 16.4. The van der Waals surface area contributed by atoms with Gasteiger partial charge in [-0.1, -0.05) is 20.8 Å². The summed E-state index contributed by atoms with van der Waals surface area (Å²) in [6.45, 7) is 8.01. The van der Waals surface area contributed by atoms with E-state index in [1.54, 1.807) is 4.90 Å². The normalized spacial score (nSPS) is 22.8. The van der Waals surface area contributed by atoms with Crippen molar-refractivity contribution in [2.75, 3.05) is 26.2 Å². The molecule has 0 aromatic rings. The first kappa shape index (κ1) is 19.2. The van der Waals surface area contributed by atoms with Gasteiger partial charge in [0.15, 0.2) is 0 Å². The van der Waals surface area contributed by atoms with Gasteiger partial charge in [-0.3, -0.25) is 9.59 Å². The van der Waals surface area contributed by atoms with Crippen LogP contribution in [0.5, 0.6) is 0 Å². The van der Waals surface area contributed by atoms with Gasteiger partial charge < -0.3 is 25.2 Å². The summed E-state index contributed by atoms with van der Waals surface area (Å²) >= 11 is 0. The summed E-state index contributed by atoms with van der Waals surface area (Å²) in [5, 5.41) is 21.9. The number of nitrogens with one attached hydrogen (secondary N) is 1. The fraction of sp³-hybridized carbons (Fsp3) is 0.875. The Kier molecular flexibility index (Phi) is 6.28. The van der Waals surface area contributed by atoms with Gasteiger partial charge in [0, 0.05) is 31.1 Å². The fourth-order valence-corrected chi connectivity index (χ4v) is 3.51. The Bertz CT molecular complexity index is 459. The molecule has 2 amide bonds. The lowest BCUT2D eigenvalue weighted by Gasteiger charge is -2.36. The molecule has 2 rings (SSSR count). The predicted octanol–water partition coefficient (Wildman–Crippen LogP) is -0.384. The zero-order valence-electron chi connectivity index (χ0n) is 15.0. The highest BCUT2D eigenvalue weighted by Crippen LogP contribution is 2.21. The van der Waals surface area contributed by atoms with Gasteiger partial charge in [0.05, 0.1) is 12.5 Å². The lowest BCUT2D eigenvalue weighted by Crippen LogP contribution is -2.52. The van der Waals surface area contributed by atoms with E-state index < -0.39 is 13.1 Å². The number of hydrogen-bond donors (Lipinski definition) is 3. The number of nitrogens with zero attached hydrogens (tertiary/aromatic N) is 2. The van der Waals surface area contributed by atoms with Crippen molar-refractivity contribution >= 4 is 18.9 Å². The van der Waals surface area contributed by atoms with Crippen LogP contribution in [-0.4, -0.2) is 76.9 Å². The standard InChI is InChI=1S/C16H30BN3O4/c1-16(2,3)15(22)19-9-6-12(7-10-19)18-11-14(21)20-8-4-5-13(20)17(23)24/h12-13,18,23-24H,4-11H2,1-3H3/t13-/m0/s1. The Hall–Kier alpha value is -1.12. The quantitative estimate of drug-likeness (QED) is 0.607. The van der Waals surface area contributed by atoms with E-state index >= 15 is 0 Å². The van der Waals surface area contributed by atoms with Gasteiger partial charge in [0.25, 0.3) is 0 Å². The van der Waals surface area contributed by atoms with E-state index in [2.05, 4.69) is 5.32 Å². The third-order valence-corrected chi connectivity index (χ3v) is 4.93. The smallest absolute Gasteiger partial charge is 0.426 e. The molecule has 2 aliphatic rings. The third-order valence-electron chi connectivity index (χ3n) is 4.93. The summed E-state index contributed by atoms with van der Waals surface area (Å²) in [5.41, 5.74) is -0.355. The van der Waals surface area contributed by atoms with Crippen LogP contribution in [0.2, 0.25) is 0 Å². The molecule has 3 N–H and O–H groups in total. The molecule has 8 heteroatoms. The maximum absolute atomic E-state index is 12.3. The second kappa shape index (κ2) is 7.84. The summed E-state index contributed by atoms with van der Waals surface area (Å²) in [7, 11) is -1.47. The molecule has 0 bridgehead atoms. The number of amides is 2. The van der Waals surface area contributed by atoms with Crippen LogP contribution in [0.25, 0.3) is 0 Å². The molecule has 0 radical (unpaired) electrons. The second-order valence-corrected chi connectivity index (χ2v) is 7.91. The van der Waals surface area contributed by atoms with Crippen molar-refractivity contribution in [1.29, 1.82) is 0 Å². The summed E-state index contributed by atoms with van der Waals surface area (Å²) < 4.78 is 0. The Labute approximate surface area is 144 Å². The van der Waals surface area contributed by atoms with Crippen LogP contribution in [0.3, 0.4) is 0 Å². The van der Waals surface area contributed by atoms with Crippen molar-refractivity contribution in [2.24, 2.45) is 5.41 Å². The lowest BCUT2D eigenvalue weighted by molar-refractivity contribution is -0.140. The monoisotopic (exact) mass is 339 g/mol. The van der Waals surface area contributed by atoms with Crippen molar-refractivity contribution in [3.8, 4) is 0 Å². The van der Waals surface area contributed by atoms with Crippen LogP contribution in [0.15, 0.2) is 0 Å². The van der Waals surface area contributed by atoms with Gasteiger partial charge in [-0.2, -0.15) is 0 Å². The molecule has 7 nitrogen and oxygen atoms in total. The van der Waals surface area contributed by atoms with Gasteiger partial charge in [-0.05, 0) is 25.7 Å². The highest BCUT2D eigenvalue weighted by Gasteiger charge is 2.37. The lowest BCUT2D eigenvalue weighted by atomic mass is 9.78. The van der Waals surface area contributed by atoms with Crippen molar-refractivity contribution in [1.82, 2.24) is 15.1 Å². The van der Waals surface area contributed by atoms with E-state index in [4.69, 9.17) is 0 Å². The molecule has 136 valence electrons. The highest BCUT2D eigenvalue weighted by molar-refractivity contribution is 6.43. The second-order valence-electron chi connectivity index (χ2n) is 7.91. The van der Waals surface area contributed by atoms with Crippen molar-refractivity contribution in [3.05, 3.63) is 0 Å². The van der Waals surface area contributed by atoms with Crippen LogP contribution in [0, 0.1) is 5.41 Å². The molecule has 0 aromatic carbocycles. The molecule has 0 aliphatic carbocycles. The van der Waals surface area contributed by atoms with Crippen LogP contribution in [0.4, 0.5) is 0 Å². The van der Waals surface area contributed by atoms with Crippen molar-refractivity contribution in [2.45, 2.75) is 58.4 Å². The number of carbonyl (C=O) groups excluding carboxylic acids is 2. The molecule has 0 saturated carbocycles. The number of hydrogen-bond acceptors (Lipinski definition) is 5. The van der Waals surface area contributed by atoms with Gasteiger partial charge in [0.2, 0.25) is 11.8 Å². The van der Waals surface area contributed by atoms with Gasteiger partial charge >= 0.3 is 7.12 Å². The first-order valence-corrected chi connectivity index (χ1v) is 8.88. The predicted molar refractivity (Wildman–Crippen MR) is 92.0 cm³/mol. The number of carbonyl (C=O) groups is 2. The summed E-state index contributed by atoms with van der Waals surface area (Å²) in [6, 6.07) is 0.220. The molecule has 0 spiro atoms. The van der Waals surface area contributed by atoms with Crippen molar-refractivity contribution < 1.29 is 19.6 Å². The SMILES string of the molecule is CC(C)(C)C(=O)N1CCC(NCC(=O)N2CCC[C@H]2B(O)O)CC1. The minimum absolute atomic E-state index is 0.0844. The molecule has 0 unspecified atom stereocenters. The maximum Gasteiger partial charge on any atom is 0.475 e. The van der Waals surface area contributed by atoms with Gasteiger partial charge in [-0.25, -0.2) is 0 Å². The number of rotatable bonds is 4. The van der Waals surface area contributed by atoms with E-state index in [-0.39, 0.29) is 29.8 Å². The molecule has 2 heterocycles. The van der Waals surface area contributed by atoms with Gasteiger partial charge in [0.1, 0.15) is 0 Å². The Morgan fingerprint density at radius 3 is 2.29 bits per heavy atom. The Morgan fingerprint density at radius 1 is 1.12 bits per heavy atom. The first-order valence-electron chi connectivity index (χ1n) is 8.88. The van der Waals surface area contributed by atoms with Crippen LogP contribution in [0.1, 0.15) is 46.5 Å². The number of likely N-dealkylation sites (tertiary alicyclic amines) is 2. The number of piperidine rings is 1. The molecule has 2 aliphatic heterocycles. The van der Waals surface area contributed by atoms with Crippen molar-refractivity contribution in [3.63, 3.8) is 0 Å². The maximum atomic E-state index is 12.3. The van der Waals surface area contributed by atoms with E-state index in [0.717, 1.165) is 19.3 Å². The van der Waals surface area contributed by atoms with E-state index in [1.807, 2.05) is 25.7 Å². The van der Waals surface area contributed by atoms with E-state index in [9.17, 15) is 19.6 Å². The minimum atomic E-state index is -1.47. The average molecular weight is 339 g/mol. The van der Waals surface area contributed by atoms with Crippen LogP contribution >= 0.6 is 0 Å². The zero-order valence-corrected chi connectivity index (χ0v) is 15.0. The van der Waals surface area contributed by atoms with Crippen LogP contribution in [-0.2, 0) is 9.59 Å². The minimum Gasteiger partial charge on any atom is -0.426 e. The summed E-state index contributed by atoms with van der Waals surface area (Å²) in [5.74, 6) is -0.391. The molecular formula is C16H30BN3O4. The largest absolute Gasteiger partial charge is 0.475 e. The average Bonchev–Trinajstić information content (AvgIpc) is 3.01. The Balaban J connectivity index is 1.75. The third kappa shape index (κ3) is 4.71. The zero-order chi connectivity index (χ0) is 17.9. The first-order chi connectivity index (χ1) is 11.2. The van der Waals surface area contributed by atoms with Crippen LogP contribution < -0.4 is 5.32 Å². The summed E-state index contributed by atoms with van der Waals surface area (Å²) in [6.07, 6.45) is 3.11. The molecule has 0 aromatic heterocycles.